The van der Waals surface area contributed by atoms with Gasteiger partial charge in [-0.15, -0.1) is 0 Å². The summed E-state index contributed by atoms with van der Waals surface area (Å²) in [5, 5.41) is 13.8. The highest BCUT2D eigenvalue weighted by atomic mass is 31.2. The Balaban J connectivity index is 4.22. The summed E-state index contributed by atoms with van der Waals surface area (Å²) >= 11 is 0. The Bertz CT molecular complexity index is 1670. The van der Waals surface area contributed by atoms with Gasteiger partial charge in [-0.05, 0) is 109 Å². The molecule has 0 fully saturated rings. The second-order valence-corrected chi connectivity index (χ2v) is 21.0. The lowest BCUT2D eigenvalue weighted by molar-refractivity contribution is -0.870. The number of likely N-dealkylation sites (N-methyl/N-ethyl adjacent to an activating group) is 1. The van der Waals surface area contributed by atoms with Crippen LogP contribution >= 0.6 is 7.82 Å². The third-order valence-corrected chi connectivity index (χ3v) is 12.5. The van der Waals surface area contributed by atoms with Crippen LogP contribution in [0.15, 0.2) is 146 Å². The Morgan fingerprint density at radius 1 is 0.486 bits per heavy atom. The fourth-order valence-electron chi connectivity index (χ4n) is 7.14. The van der Waals surface area contributed by atoms with E-state index in [1.165, 1.54) is 44.9 Å². The van der Waals surface area contributed by atoms with Crippen LogP contribution in [-0.2, 0) is 18.4 Å². The Morgan fingerprint density at radius 2 is 0.847 bits per heavy atom. The predicted octanol–water partition coefficient (Wildman–Crippen LogP) is 17.3. The Labute approximate surface area is 442 Å². The number of aliphatic hydroxyl groups excluding tert-OH is 1. The number of carbonyl (C=O) groups is 1. The van der Waals surface area contributed by atoms with E-state index in [1.807, 2.05) is 27.2 Å². The van der Waals surface area contributed by atoms with E-state index in [9.17, 15) is 19.4 Å². The quantitative estimate of drug-likeness (QED) is 0.0243. The van der Waals surface area contributed by atoms with Crippen LogP contribution in [0.25, 0.3) is 0 Å². The molecule has 0 aromatic heterocycles. The molecule has 0 radical (unpaired) electrons. The van der Waals surface area contributed by atoms with E-state index in [0.717, 1.165) is 128 Å². The molecule has 0 heterocycles. The van der Waals surface area contributed by atoms with Gasteiger partial charge in [0.05, 0.1) is 39.9 Å². The zero-order valence-corrected chi connectivity index (χ0v) is 47.2. The number of quaternary nitrogens is 1. The summed E-state index contributed by atoms with van der Waals surface area (Å²) in [6, 6.07) is -0.881. The van der Waals surface area contributed by atoms with Gasteiger partial charge in [-0.1, -0.05) is 224 Å². The zero-order chi connectivity index (χ0) is 52.7. The first-order valence-electron chi connectivity index (χ1n) is 28.2. The predicted molar refractivity (Wildman–Crippen MR) is 313 cm³/mol. The highest BCUT2D eigenvalue weighted by Gasteiger charge is 2.27. The van der Waals surface area contributed by atoms with Crippen LogP contribution in [0.5, 0.6) is 0 Å². The number of allylic oxidation sites excluding steroid dienone is 23. The summed E-state index contributed by atoms with van der Waals surface area (Å²) in [6.07, 6.45) is 80.9. The van der Waals surface area contributed by atoms with Crippen molar-refractivity contribution in [2.24, 2.45) is 0 Å². The fraction of sp³-hybridized carbons (Fsp3) is 0.603. The number of nitrogens with one attached hydrogen (secondary N) is 1. The third kappa shape index (κ3) is 54.2. The van der Waals surface area contributed by atoms with Crippen LogP contribution < -0.4 is 5.32 Å². The molecule has 0 aromatic rings. The summed E-state index contributed by atoms with van der Waals surface area (Å²) in [5.41, 5.74) is 0. The maximum Gasteiger partial charge on any atom is 0.472 e. The minimum absolute atomic E-state index is 0.0450. The SMILES string of the molecule is CC/C=C\C/C=C\C/C=C\C/C=C\C/C=C\C/C=C\C/C=C\C/C=C\C/C=C\C/C=C\CCCCCCCCC(=O)NC(COP(=O)(O)OCC[N+](C)(C)C)C(O)/C=C/CC/C=C/CCCCCCCCC. The number of phosphoric ester groups is 1. The molecule has 0 aliphatic carbocycles. The summed E-state index contributed by atoms with van der Waals surface area (Å²) in [7, 11) is 1.52. The number of hydrogen-bond donors (Lipinski definition) is 3. The van der Waals surface area contributed by atoms with Crippen molar-refractivity contribution in [2.45, 2.75) is 206 Å². The van der Waals surface area contributed by atoms with E-state index >= 15 is 0 Å². The van der Waals surface area contributed by atoms with Crippen LogP contribution in [0.1, 0.15) is 194 Å². The molecule has 0 bridgehead atoms. The number of unbranched alkanes of at least 4 members (excludes halogenated alkanes) is 14. The van der Waals surface area contributed by atoms with Gasteiger partial charge < -0.3 is 19.8 Å². The molecule has 0 rings (SSSR count). The van der Waals surface area contributed by atoms with Crippen LogP contribution in [0.2, 0.25) is 0 Å². The van der Waals surface area contributed by atoms with Gasteiger partial charge in [-0.2, -0.15) is 0 Å². The normalized spacial score (nSPS) is 15.0. The van der Waals surface area contributed by atoms with Gasteiger partial charge >= 0.3 is 7.82 Å². The minimum Gasteiger partial charge on any atom is -0.387 e. The zero-order valence-electron chi connectivity index (χ0n) is 46.4. The maximum absolute atomic E-state index is 12.9. The first-order chi connectivity index (χ1) is 35.0. The smallest absolute Gasteiger partial charge is 0.387 e. The Hall–Kier alpha value is -3.62. The van der Waals surface area contributed by atoms with E-state index in [0.29, 0.717) is 17.4 Å². The van der Waals surface area contributed by atoms with Crippen molar-refractivity contribution in [1.29, 1.82) is 0 Å². The molecule has 3 atom stereocenters. The van der Waals surface area contributed by atoms with Gasteiger partial charge in [-0.3, -0.25) is 13.8 Å². The van der Waals surface area contributed by atoms with E-state index < -0.39 is 20.0 Å². The maximum atomic E-state index is 12.9. The summed E-state index contributed by atoms with van der Waals surface area (Å²) in [6.45, 7) is 4.63. The summed E-state index contributed by atoms with van der Waals surface area (Å²) in [5.74, 6) is -0.209. The lowest BCUT2D eigenvalue weighted by Crippen LogP contribution is -2.45. The Morgan fingerprint density at radius 3 is 1.28 bits per heavy atom. The molecule has 408 valence electrons. The number of rotatable bonds is 49. The molecule has 0 saturated heterocycles. The van der Waals surface area contributed by atoms with Gasteiger partial charge in [-0.25, -0.2) is 4.57 Å². The van der Waals surface area contributed by atoms with Crippen molar-refractivity contribution in [3.8, 4) is 0 Å². The van der Waals surface area contributed by atoms with E-state index in [1.54, 1.807) is 6.08 Å². The van der Waals surface area contributed by atoms with Gasteiger partial charge in [0.15, 0.2) is 0 Å². The summed E-state index contributed by atoms with van der Waals surface area (Å²) < 4.78 is 23.6. The topological polar surface area (TPSA) is 105 Å². The molecule has 0 spiro atoms. The van der Waals surface area contributed by atoms with E-state index in [2.05, 4.69) is 153 Å². The van der Waals surface area contributed by atoms with Crippen LogP contribution in [0.3, 0.4) is 0 Å². The number of nitrogens with zero attached hydrogens (tertiary/aromatic N) is 1. The van der Waals surface area contributed by atoms with E-state index in [-0.39, 0.29) is 19.1 Å². The molecular weight excluding hydrogens is 912 g/mol. The number of aliphatic hydroxyl groups is 1. The second-order valence-electron chi connectivity index (χ2n) is 19.6. The lowest BCUT2D eigenvalue weighted by atomic mass is 10.1. The summed E-state index contributed by atoms with van der Waals surface area (Å²) in [4.78, 5) is 23.2. The van der Waals surface area contributed by atoms with Crippen LogP contribution in [0, 0.1) is 0 Å². The van der Waals surface area contributed by atoms with Gasteiger partial charge in [0.2, 0.25) is 5.91 Å². The molecule has 9 heteroatoms. The van der Waals surface area contributed by atoms with Crippen molar-refractivity contribution in [3.63, 3.8) is 0 Å². The number of phosphoric acid groups is 1. The number of hydrogen-bond acceptors (Lipinski definition) is 5. The van der Waals surface area contributed by atoms with Crippen molar-refractivity contribution >= 4 is 13.7 Å². The molecule has 0 aromatic carbocycles. The monoisotopic (exact) mass is 1020 g/mol. The molecule has 0 saturated carbocycles. The molecule has 1 amide bonds. The first-order valence-corrected chi connectivity index (χ1v) is 29.7. The van der Waals surface area contributed by atoms with Crippen molar-refractivity contribution < 1.29 is 32.9 Å². The molecule has 3 N–H and O–H groups in total. The molecule has 0 aliphatic rings. The van der Waals surface area contributed by atoms with Crippen molar-refractivity contribution in [1.82, 2.24) is 5.32 Å². The average Bonchev–Trinajstić information content (AvgIpc) is 3.34. The van der Waals surface area contributed by atoms with Gasteiger partial charge in [0.25, 0.3) is 0 Å². The molecule has 8 nitrogen and oxygen atoms in total. The molecular formula is C63H106N2O6P+. The first kappa shape index (κ1) is 68.4. The second kappa shape index (κ2) is 52.3. The van der Waals surface area contributed by atoms with Crippen molar-refractivity contribution in [2.75, 3.05) is 40.9 Å². The van der Waals surface area contributed by atoms with Crippen LogP contribution in [0.4, 0.5) is 0 Å². The highest BCUT2D eigenvalue weighted by molar-refractivity contribution is 7.47. The highest BCUT2D eigenvalue weighted by Crippen LogP contribution is 2.43. The lowest BCUT2D eigenvalue weighted by Gasteiger charge is -2.25. The fourth-order valence-corrected chi connectivity index (χ4v) is 7.88. The molecule has 3 unspecified atom stereocenters. The molecule has 72 heavy (non-hydrogen) atoms. The van der Waals surface area contributed by atoms with Crippen LogP contribution in [-0.4, -0.2) is 73.4 Å². The van der Waals surface area contributed by atoms with Gasteiger partial charge in [0.1, 0.15) is 13.2 Å². The number of amides is 1. The van der Waals surface area contributed by atoms with Gasteiger partial charge in [0, 0.05) is 6.42 Å². The minimum atomic E-state index is -4.36. The Kier molecular flexibility index (Phi) is 49.6. The van der Waals surface area contributed by atoms with Crippen molar-refractivity contribution in [3.05, 3.63) is 146 Å². The molecule has 0 aliphatic heterocycles. The standard InChI is InChI=1S/C63H105N2O6P/c1-6-8-10-12-14-16-18-20-21-22-23-24-25-26-27-28-29-30-31-32-33-34-35-36-37-38-39-40-41-42-43-45-47-49-51-53-55-57-63(67)64-61(60-71-72(68,69)70-59-58-65(3,4)5)62(66)56-54-52-50-48-46-44-19-17-15-13-11-9-7-2/h8,10,14,16,20-21,23-24,26-27,29-30,32-33,35-36,38-39,41-42,46,48,54,56,61-62,66H,6-7,9,11-13,15,17-19,22,25,28,31,34,37,40,43-45,47,49-53,55,57-60H2,1-5H3,(H-,64,67,68,69)/p+1/b10-8-,16-14-,21-20-,24-23-,27-26-,30-29-,33-32-,36-35-,39-38-,42-41-,48-46+,56-54+. The average molecular weight is 1020 g/mol. The number of carbonyl (C=O) groups excluding carboxylic acids is 1. The third-order valence-electron chi connectivity index (χ3n) is 11.5. The largest absolute Gasteiger partial charge is 0.472 e. The van der Waals surface area contributed by atoms with E-state index in [4.69, 9.17) is 9.05 Å².